The molecule has 0 amide bonds. The summed E-state index contributed by atoms with van der Waals surface area (Å²) >= 11 is 5.89. The van der Waals surface area contributed by atoms with Crippen molar-refractivity contribution in [1.29, 1.82) is 0 Å². The summed E-state index contributed by atoms with van der Waals surface area (Å²) in [5.74, 6) is -1.44. The highest BCUT2D eigenvalue weighted by Gasteiger charge is 2.11. The maximum Gasteiger partial charge on any atom is 0.270 e. The first-order chi connectivity index (χ1) is 9.49. The van der Waals surface area contributed by atoms with Crippen molar-refractivity contribution in [1.82, 2.24) is 0 Å². The van der Waals surface area contributed by atoms with Crippen LogP contribution in [0.15, 0.2) is 36.4 Å². The molecule has 4 nitrogen and oxygen atoms in total. The van der Waals surface area contributed by atoms with Gasteiger partial charge in [-0.25, -0.2) is 8.78 Å². The monoisotopic (exact) mass is 298 g/mol. The molecule has 0 fully saturated rings. The Morgan fingerprint density at radius 3 is 2.40 bits per heavy atom. The van der Waals surface area contributed by atoms with E-state index in [1.54, 1.807) is 0 Å². The summed E-state index contributed by atoms with van der Waals surface area (Å²) in [6.07, 6.45) is 0. The Balaban J connectivity index is 2.17. The molecular formula is C13H9ClF2N2O2. The van der Waals surface area contributed by atoms with E-state index in [1.807, 2.05) is 0 Å². The SMILES string of the molecule is O=[N+]([O-])c1ccc(CNc2c(F)cccc2F)c(Cl)c1. The fraction of sp³-hybridized carbons (Fsp3) is 0.0769. The number of anilines is 1. The van der Waals surface area contributed by atoms with E-state index in [0.29, 0.717) is 5.56 Å². The second kappa shape index (κ2) is 5.83. The number of nitro groups is 1. The van der Waals surface area contributed by atoms with Gasteiger partial charge in [0.1, 0.15) is 17.3 Å². The summed E-state index contributed by atoms with van der Waals surface area (Å²) in [7, 11) is 0. The number of non-ortho nitro benzene ring substituents is 1. The lowest BCUT2D eigenvalue weighted by molar-refractivity contribution is -0.384. The minimum absolute atomic E-state index is 0.0503. The smallest absolute Gasteiger partial charge is 0.270 e. The van der Waals surface area contributed by atoms with Gasteiger partial charge in [0.25, 0.3) is 5.69 Å². The van der Waals surface area contributed by atoms with Gasteiger partial charge in [-0.3, -0.25) is 10.1 Å². The molecule has 0 aliphatic heterocycles. The molecule has 0 saturated heterocycles. The molecule has 0 atom stereocenters. The Bertz CT molecular complexity index is 645. The zero-order valence-electron chi connectivity index (χ0n) is 10.1. The molecule has 7 heteroatoms. The van der Waals surface area contributed by atoms with Gasteiger partial charge in [0.15, 0.2) is 0 Å². The van der Waals surface area contributed by atoms with Crippen molar-refractivity contribution in [2.75, 3.05) is 5.32 Å². The molecule has 0 aliphatic carbocycles. The molecule has 0 radical (unpaired) electrons. The summed E-state index contributed by atoms with van der Waals surface area (Å²) in [6.45, 7) is 0.0503. The summed E-state index contributed by atoms with van der Waals surface area (Å²) in [5, 5.41) is 13.3. The van der Waals surface area contributed by atoms with Crippen LogP contribution in [0.2, 0.25) is 5.02 Å². The minimum Gasteiger partial charge on any atom is -0.376 e. The molecule has 104 valence electrons. The summed E-state index contributed by atoms with van der Waals surface area (Å²) < 4.78 is 26.8. The van der Waals surface area contributed by atoms with E-state index in [2.05, 4.69) is 5.32 Å². The average Bonchev–Trinajstić information content (AvgIpc) is 2.39. The highest BCUT2D eigenvalue weighted by Crippen LogP contribution is 2.24. The lowest BCUT2D eigenvalue weighted by Gasteiger charge is -2.09. The molecule has 0 bridgehead atoms. The third-order valence-electron chi connectivity index (χ3n) is 2.67. The Labute approximate surface area is 118 Å². The Morgan fingerprint density at radius 2 is 1.85 bits per heavy atom. The summed E-state index contributed by atoms with van der Waals surface area (Å²) in [5.41, 5.74) is 0.0951. The van der Waals surface area contributed by atoms with Gasteiger partial charge in [-0.15, -0.1) is 0 Å². The van der Waals surface area contributed by atoms with Gasteiger partial charge < -0.3 is 5.32 Å². The van der Waals surface area contributed by atoms with Gasteiger partial charge in [0.05, 0.1) is 9.95 Å². The predicted molar refractivity (Wildman–Crippen MR) is 71.8 cm³/mol. The predicted octanol–water partition coefficient (Wildman–Crippen LogP) is 4.14. The van der Waals surface area contributed by atoms with Crippen LogP contribution in [0.25, 0.3) is 0 Å². The fourth-order valence-corrected chi connectivity index (χ4v) is 1.89. The Morgan fingerprint density at radius 1 is 1.20 bits per heavy atom. The van der Waals surface area contributed by atoms with E-state index in [0.717, 1.165) is 12.1 Å². The number of para-hydroxylation sites is 1. The third kappa shape index (κ3) is 3.03. The molecule has 0 saturated carbocycles. The van der Waals surface area contributed by atoms with Crippen molar-refractivity contribution >= 4 is 23.0 Å². The first-order valence-corrected chi connectivity index (χ1v) is 5.97. The van der Waals surface area contributed by atoms with Gasteiger partial charge in [0.2, 0.25) is 0 Å². The number of benzene rings is 2. The lowest BCUT2D eigenvalue weighted by atomic mass is 10.2. The van der Waals surface area contributed by atoms with Gasteiger partial charge in [-0.1, -0.05) is 17.7 Å². The van der Waals surface area contributed by atoms with Crippen molar-refractivity contribution in [2.24, 2.45) is 0 Å². The first-order valence-electron chi connectivity index (χ1n) is 5.59. The van der Waals surface area contributed by atoms with E-state index in [4.69, 9.17) is 11.6 Å². The van der Waals surface area contributed by atoms with Crippen LogP contribution < -0.4 is 5.32 Å². The Hall–Kier alpha value is -2.21. The van der Waals surface area contributed by atoms with Crippen LogP contribution in [-0.2, 0) is 6.54 Å². The highest BCUT2D eigenvalue weighted by molar-refractivity contribution is 6.31. The molecule has 2 rings (SSSR count). The second-order valence-corrected chi connectivity index (χ2v) is 4.39. The van der Waals surface area contributed by atoms with Crippen molar-refractivity contribution in [2.45, 2.75) is 6.54 Å². The van der Waals surface area contributed by atoms with E-state index in [-0.39, 0.29) is 22.9 Å². The molecule has 0 heterocycles. The van der Waals surface area contributed by atoms with Gasteiger partial charge in [-0.05, 0) is 23.8 Å². The fourth-order valence-electron chi connectivity index (χ4n) is 1.64. The van der Waals surface area contributed by atoms with E-state index < -0.39 is 16.6 Å². The molecule has 0 unspecified atom stereocenters. The third-order valence-corrected chi connectivity index (χ3v) is 3.02. The van der Waals surface area contributed by atoms with Crippen molar-refractivity contribution in [3.05, 3.63) is 68.7 Å². The van der Waals surface area contributed by atoms with Gasteiger partial charge in [0, 0.05) is 18.7 Å². The molecule has 0 spiro atoms. The number of hydrogen-bond acceptors (Lipinski definition) is 3. The topological polar surface area (TPSA) is 55.2 Å². The quantitative estimate of drug-likeness (QED) is 0.682. The molecule has 0 aromatic heterocycles. The molecule has 0 aliphatic rings. The van der Waals surface area contributed by atoms with E-state index >= 15 is 0 Å². The number of rotatable bonds is 4. The largest absolute Gasteiger partial charge is 0.376 e. The average molecular weight is 299 g/mol. The maximum absolute atomic E-state index is 13.4. The molecular weight excluding hydrogens is 290 g/mol. The normalized spacial score (nSPS) is 10.3. The standard InChI is InChI=1S/C13H9ClF2N2O2/c14-10-6-9(18(19)20)5-4-8(10)7-17-13-11(15)2-1-3-12(13)16/h1-6,17H,7H2. The number of nitrogens with zero attached hydrogens (tertiary/aromatic N) is 1. The molecule has 2 aromatic carbocycles. The van der Waals surface area contributed by atoms with Crippen LogP contribution in [0.3, 0.4) is 0 Å². The molecule has 1 N–H and O–H groups in total. The van der Waals surface area contributed by atoms with Crippen LogP contribution in [-0.4, -0.2) is 4.92 Å². The van der Waals surface area contributed by atoms with Crippen LogP contribution in [0.5, 0.6) is 0 Å². The lowest BCUT2D eigenvalue weighted by Crippen LogP contribution is -2.04. The summed E-state index contributed by atoms with van der Waals surface area (Å²) in [6, 6.07) is 7.42. The number of nitro benzene ring substituents is 1. The van der Waals surface area contributed by atoms with E-state index in [9.17, 15) is 18.9 Å². The molecule has 2 aromatic rings. The van der Waals surface area contributed by atoms with Crippen LogP contribution >= 0.6 is 11.6 Å². The van der Waals surface area contributed by atoms with Crippen molar-refractivity contribution < 1.29 is 13.7 Å². The van der Waals surface area contributed by atoms with E-state index in [1.165, 1.54) is 24.3 Å². The maximum atomic E-state index is 13.4. The van der Waals surface area contributed by atoms with Gasteiger partial charge in [-0.2, -0.15) is 0 Å². The second-order valence-electron chi connectivity index (χ2n) is 3.98. The zero-order chi connectivity index (χ0) is 14.7. The summed E-state index contributed by atoms with van der Waals surface area (Å²) in [4.78, 5) is 10.00. The van der Waals surface area contributed by atoms with Crippen LogP contribution in [0.4, 0.5) is 20.2 Å². The minimum atomic E-state index is -0.719. The Kier molecular flexibility index (Phi) is 4.14. The number of nitrogens with one attached hydrogen (secondary N) is 1. The van der Waals surface area contributed by atoms with Crippen molar-refractivity contribution in [3.8, 4) is 0 Å². The first kappa shape index (κ1) is 14.2. The van der Waals surface area contributed by atoms with Crippen LogP contribution in [0, 0.1) is 21.7 Å². The number of halogens is 3. The van der Waals surface area contributed by atoms with Gasteiger partial charge >= 0.3 is 0 Å². The number of hydrogen-bond donors (Lipinski definition) is 1. The van der Waals surface area contributed by atoms with Crippen molar-refractivity contribution in [3.63, 3.8) is 0 Å². The zero-order valence-corrected chi connectivity index (χ0v) is 10.8. The van der Waals surface area contributed by atoms with Crippen LogP contribution in [0.1, 0.15) is 5.56 Å². The highest BCUT2D eigenvalue weighted by atomic mass is 35.5. The molecule has 20 heavy (non-hydrogen) atoms.